The van der Waals surface area contributed by atoms with Gasteiger partial charge in [0.2, 0.25) is 0 Å². The van der Waals surface area contributed by atoms with E-state index in [9.17, 15) is 0 Å². The van der Waals surface area contributed by atoms with Crippen LogP contribution in [0.1, 0.15) is 29.6 Å². The summed E-state index contributed by atoms with van der Waals surface area (Å²) in [6.07, 6.45) is 3.51. The van der Waals surface area contributed by atoms with Gasteiger partial charge in [-0.2, -0.15) is 0 Å². The van der Waals surface area contributed by atoms with Gasteiger partial charge in [-0.25, -0.2) is 0 Å². The number of fused-ring (bicyclic) bond motifs is 1. The summed E-state index contributed by atoms with van der Waals surface area (Å²) >= 11 is 8.46. The quantitative estimate of drug-likeness (QED) is 0.228. The number of aryl methyl sites for hydroxylation is 1. The third-order valence-electron chi connectivity index (χ3n) is 6.76. The molecule has 0 saturated carbocycles. The second kappa shape index (κ2) is 8.32. The van der Waals surface area contributed by atoms with Gasteiger partial charge in [-0.15, -0.1) is 0 Å². The Morgan fingerprint density at radius 3 is 1.61 bits per heavy atom. The normalized spacial score (nSPS) is 17.4. The van der Waals surface area contributed by atoms with E-state index in [2.05, 4.69) is 141 Å². The minimum atomic E-state index is -3.03. The van der Waals surface area contributed by atoms with Crippen LogP contribution < -0.4 is 15.9 Å². The summed E-state index contributed by atoms with van der Waals surface area (Å²) in [4.78, 5) is 0. The molecule has 0 heterocycles. The zero-order valence-corrected chi connectivity index (χ0v) is 21.4. The average Bonchev–Trinajstić information content (AvgIpc) is 2.85. The van der Waals surface area contributed by atoms with E-state index in [-0.39, 0.29) is 0 Å². The van der Waals surface area contributed by atoms with Crippen molar-refractivity contribution in [3.63, 3.8) is 0 Å². The third kappa shape index (κ3) is 3.27. The fourth-order valence-electron chi connectivity index (χ4n) is 5.39. The van der Waals surface area contributed by atoms with Gasteiger partial charge < -0.3 is 0 Å². The Morgan fingerprint density at radius 1 is 0.645 bits per heavy atom. The molecule has 0 N–H and O–H groups in total. The Kier molecular flexibility index (Phi) is 5.67. The van der Waals surface area contributed by atoms with Gasteiger partial charge in [0.25, 0.3) is 0 Å². The van der Waals surface area contributed by atoms with E-state index in [4.69, 9.17) is 0 Å². The molecule has 0 fully saturated rings. The molecule has 3 heteroatoms. The van der Waals surface area contributed by atoms with Crippen molar-refractivity contribution < 1.29 is 0 Å². The van der Waals surface area contributed by atoms with Crippen LogP contribution in [0, 0.1) is 0 Å². The van der Waals surface area contributed by atoms with E-state index in [0.29, 0.717) is 5.66 Å². The molecule has 1 aliphatic rings. The molecule has 31 heavy (non-hydrogen) atoms. The monoisotopic (exact) mass is 550 g/mol. The molecule has 1 unspecified atom stereocenters. The second-order valence-corrected chi connectivity index (χ2v) is 18.0. The van der Waals surface area contributed by atoms with Gasteiger partial charge in [0.15, 0.2) is 0 Å². The SMILES string of the molecule is Brc1ccc2c(c1)C(P(Br)(c1ccccc1)(c1ccccc1)c1ccccc1)CCC2. The molecule has 1 aliphatic carbocycles. The summed E-state index contributed by atoms with van der Waals surface area (Å²) < 4.78 is 1.16. The van der Waals surface area contributed by atoms with Crippen molar-refractivity contribution in [2.24, 2.45) is 0 Å². The molecule has 0 aliphatic heterocycles. The Morgan fingerprint density at radius 2 is 1.13 bits per heavy atom. The van der Waals surface area contributed by atoms with Crippen molar-refractivity contribution in [2.75, 3.05) is 0 Å². The van der Waals surface area contributed by atoms with Crippen molar-refractivity contribution in [3.05, 3.63) is 125 Å². The predicted molar refractivity (Wildman–Crippen MR) is 144 cm³/mol. The first-order chi connectivity index (χ1) is 15.1. The molecule has 5 rings (SSSR count). The van der Waals surface area contributed by atoms with Crippen LogP contribution in [0.15, 0.2) is 114 Å². The van der Waals surface area contributed by atoms with Crippen LogP contribution in [0.5, 0.6) is 0 Å². The van der Waals surface area contributed by atoms with Crippen LogP contribution in [0.3, 0.4) is 0 Å². The Balaban J connectivity index is 1.95. The van der Waals surface area contributed by atoms with Gasteiger partial charge in [-0.1, -0.05) is 0 Å². The summed E-state index contributed by atoms with van der Waals surface area (Å²) in [5, 5.41) is 1.15. The first-order valence-electron chi connectivity index (χ1n) is 10.8. The van der Waals surface area contributed by atoms with Crippen LogP contribution in [0.25, 0.3) is 0 Å². The molecular weight excluding hydrogens is 527 g/mol. The fraction of sp³-hybridized carbons (Fsp3) is 0.143. The first kappa shape index (κ1) is 21.1. The number of hydrogen-bond donors (Lipinski definition) is 0. The van der Waals surface area contributed by atoms with Crippen LogP contribution in [-0.2, 0) is 6.42 Å². The van der Waals surface area contributed by atoms with Gasteiger partial charge in [0.1, 0.15) is 0 Å². The molecule has 0 nitrogen and oxygen atoms in total. The number of benzene rings is 4. The van der Waals surface area contributed by atoms with Crippen LogP contribution in [0.2, 0.25) is 0 Å². The summed E-state index contributed by atoms with van der Waals surface area (Å²) in [5.74, 6) is 0. The summed E-state index contributed by atoms with van der Waals surface area (Å²) in [6, 6.07) is 40.4. The standard InChI is InChI=1S/C28H25Br2P/c29-23-20-19-22-11-10-18-28(27(22)21-23)31(30,24-12-4-1-5-13-24,25-14-6-2-7-15-25)26-16-8-3-9-17-26/h1-9,12-17,19-21,28H,10-11,18H2. The Bertz CT molecular complexity index is 1090. The van der Waals surface area contributed by atoms with Crippen molar-refractivity contribution in [3.8, 4) is 0 Å². The summed E-state index contributed by atoms with van der Waals surface area (Å²) in [5.41, 5.74) is 3.32. The van der Waals surface area contributed by atoms with E-state index < -0.39 is 5.31 Å². The minimum absolute atomic E-state index is 0.361. The first-order valence-corrected chi connectivity index (χ1v) is 15.9. The van der Waals surface area contributed by atoms with Gasteiger partial charge >= 0.3 is 202 Å². The van der Waals surface area contributed by atoms with Crippen LogP contribution in [0.4, 0.5) is 0 Å². The second-order valence-electron chi connectivity index (χ2n) is 8.33. The van der Waals surface area contributed by atoms with E-state index >= 15 is 0 Å². The number of rotatable bonds is 4. The molecule has 4 aromatic rings. The molecule has 4 aromatic carbocycles. The topological polar surface area (TPSA) is 0 Å². The molecule has 0 amide bonds. The van der Waals surface area contributed by atoms with E-state index in [1.165, 1.54) is 33.5 Å². The van der Waals surface area contributed by atoms with E-state index in [1.54, 1.807) is 0 Å². The summed E-state index contributed by atoms with van der Waals surface area (Å²) in [6.45, 7) is 0. The third-order valence-corrected chi connectivity index (χ3v) is 18.1. The van der Waals surface area contributed by atoms with Crippen molar-refractivity contribution >= 4 is 52.6 Å². The number of halogens is 2. The Hall–Kier alpha value is -1.73. The van der Waals surface area contributed by atoms with Gasteiger partial charge in [0.05, 0.1) is 0 Å². The van der Waals surface area contributed by atoms with E-state index in [1.807, 2.05) is 0 Å². The van der Waals surface area contributed by atoms with Crippen molar-refractivity contribution in [1.82, 2.24) is 0 Å². The van der Waals surface area contributed by atoms with Crippen LogP contribution in [-0.4, -0.2) is 0 Å². The average molecular weight is 552 g/mol. The summed E-state index contributed by atoms with van der Waals surface area (Å²) in [7, 11) is 0. The van der Waals surface area contributed by atoms with Gasteiger partial charge in [-0.05, 0) is 0 Å². The zero-order chi connectivity index (χ0) is 21.3. The Labute approximate surface area is 201 Å². The maximum atomic E-state index is 4.69. The molecule has 0 radical (unpaired) electrons. The molecule has 0 spiro atoms. The molecule has 0 saturated heterocycles. The molecule has 1 atom stereocenters. The van der Waals surface area contributed by atoms with Crippen molar-refractivity contribution in [2.45, 2.75) is 24.9 Å². The predicted octanol–water partition coefficient (Wildman–Crippen LogP) is 7.67. The fourth-order valence-corrected chi connectivity index (χ4v) is 14.8. The van der Waals surface area contributed by atoms with Gasteiger partial charge in [-0.3, -0.25) is 0 Å². The molecule has 0 aromatic heterocycles. The molecule has 0 bridgehead atoms. The molecule has 156 valence electrons. The zero-order valence-electron chi connectivity index (χ0n) is 17.3. The van der Waals surface area contributed by atoms with Crippen LogP contribution >= 0.6 is 36.7 Å². The van der Waals surface area contributed by atoms with Crippen molar-refractivity contribution in [1.29, 1.82) is 0 Å². The molecular formula is C28H25Br2P. The number of hydrogen-bond acceptors (Lipinski definition) is 0. The van der Waals surface area contributed by atoms with E-state index in [0.717, 1.165) is 17.3 Å². The van der Waals surface area contributed by atoms with Gasteiger partial charge in [0, 0.05) is 0 Å². The maximum absolute atomic E-state index is 4.69.